The number of nitrogens with two attached hydrogens (primary N) is 1. The largest absolute Gasteiger partial charge is 0.457 e. The minimum absolute atomic E-state index is 0.0104. The highest BCUT2D eigenvalue weighted by atomic mass is 16.5. The molecule has 3 N–H and O–H groups in total. The van der Waals surface area contributed by atoms with E-state index >= 15 is 0 Å². The number of nitrogens with zero attached hydrogens (tertiary/aromatic N) is 2. The number of amides is 2. The van der Waals surface area contributed by atoms with Crippen molar-refractivity contribution >= 4 is 34.9 Å². The topological polar surface area (TPSA) is 123 Å². The molecule has 0 fully saturated rings. The third-order valence-electron chi connectivity index (χ3n) is 4.93. The second-order valence-electron chi connectivity index (χ2n) is 7.42. The SMILES string of the molecule is NC(=O)C1CC(C(=O)OCC(=O)Nc2cccc(Oc3ccccc3)c2)=NN1c1ccccc1. The van der Waals surface area contributed by atoms with E-state index in [1.54, 1.807) is 48.5 Å². The Labute approximate surface area is 195 Å². The molecule has 0 saturated carbocycles. The Hall–Kier alpha value is -4.66. The quantitative estimate of drug-likeness (QED) is 0.500. The Kier molecular flexibility index (Phi) is 6.83. The lowest BCUT2D eigenvalue weighted by molar-refractivity contribution is -0.140. The van der Waals surface area contributed by atoms with Crippen molar-refractivity contribution in [2.24, 2.45) is 10.8 Å². The molecule has 9 nitrogen and oxygen atoms in total. The first-order valence-electron chi connectivity index (χ1n) is 10.5. The van der Waals surface area contributed by atoms with Crippen molar-refractivity contribution < 1.29 is 23.9 Å². The second-order valence-corrected chi connectivity index (χ2v) is 7.42. The van der Waals surface area contributed by atoms with Crippen LogP contribution in [0.4, 0.5) is 11.4 Å². The van der Waals surface area contributed by atoms with Crippen LogP contribution in [0.1, 0.15) is 6.42 Å². The summed E-state index contributed by atoms with van der Waals surface area (Å²) >= 11 is 0. The minimum Gasteiger partial charge on any atom is -0.457 e. The molecule has 0 radical (unpaired) electrons. The van der Waals surface area contributed by atoms with Crippen LogP contribution in [0.5, 0.6) is 11.5 Å². The van der Waals surface area contributed by atoms with Crippen LogP contribution >= 0.6 is 0 Å². The number of anilines is 2. The molecule has 9 heteroatoms. The zero-order valence-electron chi connectivity index (χ0n) is 18.1. The van der Waals surface area contributed by atoms with Crippen molar-refractivity contribution in [3.63, 3.8) is 0 Å². The number of primary amides is 1. The van der Waals surface area contributed by atoms with Gasteiger partial charge < -0.3 is 20.5 Å². The molecular weight excluding hydrogens is 436 g/mol. The lowest BCUT2D eigenvalue weighted by Gasteiger charge is -2.20. The monoisotopic (exact) mass is 458 g/mol. The van der Waals surface area contributed by atoms with Crippen LogP contribution in [0.15, 0.2) is 90.0 Å². The molecule has 0 aromatic heterocycles. The molecule has 1 unspecified atom stereocenters. The number of rotatable bonds is 8. The van der Waals surface area contributed by atoms with Crippen LogP contribution in [0.3, 0.4) is 0 Å². The molecule has 1 atom stereocenters. The van der Waals surface area contributed by atoms with Crippen LogP contribution in [0, 0.1) is 0 Å². The Morgan fingerprint density at radius 2 is 1.62 bits per heavy atom. The van der Waals surface area contributed by atoms with Gasteiger partial charge in [-0.1, -0.05) is 42.5 Å². The van der Waals surface area contributed by atoms with Crippen LogP contribution in [0.2, 0.25) is 0 Å². The van der Waals surface area contributed by atoms with E-state index in [4.69, 9.17) is 15.2 Å². The standard InChI is InChI=1S/C25H22N4O5/c26-24(31)22-15-21(28-29(22)18-9-3-1-4-10-18)25(32)33-16-23(30)27-17-8-7-13-20(14-17)34-19-11-5-2-6-12-19/h1-14,22H,15-16H2,(H2,26,31)(H,27,30). The van der Waals surface area contributed by atoms with Gasteiger partial charge in [0.15, 0.2) is 6.61 Å². The van der Waals surface area contributed by atoms with Crippen molar-refractivity contribution in [3.05, 3.63) is 84.9 Å². The predicted molar refractivity (Wildman–Crippen MR) is 127 cm³/mol. The first kappa shape index (κ1) is 22.5. The summed E-state index contributed by atoms with van der Waals surface area (Å²) in [4.78, 5) is 36.6. The highest BCUT2D eigenvalue weighted by Gasteiger charge is 2.35. The molecule has 0 spiro atoms. The van der Waals surface area contributed by atoms with Crippen molar-refractivity contribution in [1.82, 2.24) is 0 Å². The summed E-state index contributed by atoms with van der Waals surface area (Å²) in [5, 5.41) is 8.24. The molecule has 34 heavy (non-hydrogen) atoms. The van der Waals surface area contributed by atoms with Crippen molar-refractivity contribution in [1.29, 1.82) is 0 Å². The van der Waals surface area contributed by atoms with Crippen molar-refractivity contribution in [3.8, 4) is 11.5 Å². The number of hydrogen-bond acceptors (Lipinski definition) is 7. The molecule has 1 aliphatic rings. The predicted octanol–water partition coefficient (Wildman–Crippen LogP) is 3.08. The van der Waals surface area contributed by atoms with Gasteiger partial charge in [-0.2, -0.15) is 5.10 Å². The number of esters is 1. The fourth-order valence-corrected chi connectivity index (χ4v) is 3.35. The van der Waals surface area contributed by atoms with Gasteiger partial charge in [-0.25, -0.2) is 4.79 Å². The van der Waals surface area contributed by atoms with E-state index in [0.29, 0.717) is 22.9 Å². The molecule has 0 bridgehead atoms. The Morgan fingerprint density at radius 3 is 2.32 bits per heavy atom. The first-order valence-corrected chi connectivity index (χ1v) is 10.5. The summed E-state index contributed by atoms with van der Waals surface area (Å²) in [7, 11) is 0. The smallest absolute Gasteiger partial charge is 0.355 e. The van der Waals surface area contributed by atoms with E-state index in [1.165, 1.54) is 5.01 Å². The van der Waals surface area contributed by atoms with E-state index in [9.17, 15) is 14.4 Å². The number of nitrogens with one attached hydrogen (secondary N) is 1. The maximum Gasteiger partial charge on any atom is 0.355 e. The van der Waals surface area contributed by atoms with E-state index < -0.39 is 30.4 Å². The number of para-hydroxylation sites is 2. The van der Waals surface area contributed by atoms with Gasteiger partial charge in [0.2, 0.25) is 5.91 Å². The van der Waals surface area contributed by atoms with Gasteiger partial charge in [-0.15, -0.1) is 0 Å². The Bertz CT molecular complexity index is 1210. The molecular formula is C25H22N4O5. The number of benzene rings is 3. The average molecular weight is 458 g/mol. The molecule has 2 amide bonds. The van der Waals surface area contributed by atoms with Crippen molar-refractivity contribution in [2.75, 3.05) is 16.9 Å². The van der Waals surface area contributed by atoms with E-state index in [0.717, 1.165) is 0 Å². The van der Waals surface area contributed by atoms with Crippen LogP contribution in [-0.4, -0.2) is 36.1 Å². The first-order chi connectivity index (χ1) is 16.5. The Morgan fingerprint density at radius 1 is 0.941 bits per heavy atom. The molecule has 1 aliphatic heterocycles. The van der Waals surface area contributed by atoms with E-state index in [-0.39, 0.29) is 12.1 Å². The Balaban J connectivity index is 1.34. The maximum absolute atomic E-state index is 12.5. The lowest BCUT2D eigenvalue weighted by Crippen LogP contribution is -2.39. The fourth-order valence-electron chi connectivity index (χ4n) is 3.35. The van der Waals surface area contributed by atoms with Gasteiger partial charge in [-0.3, -0.25) is 14.6 Å². The van der Waals surface area contributed by atoms with Crippen LogP contribution in [-0.2, 0) is 19.1 Å². The highest BCUT2D eigenvalue weighted by molar-refractivity contribution is 6.38. The molecule has 3 aromatic rings. The molecule has 1 heterocycles. The normalized spacial score (nSPS) is 14.8. The summed E-state index contributed by atoms with van der Waals surface area (Å²) in [5.41, 5.74) is 6.59. The number of carbonyl (C=O) groups is 3. The van der Waals surface area contributed by atoms with Crippen LogP contribution in [0.25, 0.3) is 0 Å². The number of hydrazone groups is 1. The minimum atomic E-state index is -0.814. The lowest BCUT2D eigenvalue weighted by atomic mass is 10.1. The zero-order chi connectivity index (χ0) is 23.9. The third kappa shape index (κ3) is 5.57. The van der Waals surface area contributed by atoms with Gasteiger partial charge in [0.05, 0.1) is 5.69 Å². The number of carbonyl (C=O) groups excluding carboxylic acids is 3. The second kappa shape index (κ2) is 10.3. The molecule has 0 aliphatic carbocycles. The number of hydrogen-bond donors (Lipinski definition) is 2. The van der Waals surface area contributed by atoms with Gasteiger partial charge in [-0.05, 0) is 36.4 Å². The molecule has 3 aromatic carbocycles. The van der Waals surface area contributed by atoms with E-state index in [1.807, 2.05) is 36.4 Å². The highest BCUT2D eigenvalue weighted by Crippen LogP contribution is 2.25. The summed E-state index contributed by atoms with van der Waals surface area (Å²) in [6.07, 6.45) is -0.0104. The summed E-state index contributed by atoms with van der Waals surface area (Å²) < 4.78 is 10.9. The van der Waals surface area contributed by atoms with E-state index in [2.05, 4.69) is 10.4 Å². The summed E-state index contributed by atoms with van der Waals surface area (Å²) in [5.74, 6) is -0.738. The zero-order valence-corrected chi connectivity index (χ0v) is 18.1. The van der Waals surface area contributed by atoms with Gasteiger partial charge >= 0.3 is 5.97 Å². The number of ether oxygens (including phenoxy) is 2. The molecule has 4 rings (SSSR count). The summed E-state index contributed by atoms with van der Waals surface area (Å²) in [6, 6.07) is 24.1. The van der Waals surface area contributed by atoms with Gasteiger partial charge in [0, 0.05) is 18.2 Å². The van der Waals surface area contributed by atoms with Crippen LogP contribution < -0.4 is 20.8 Å². The fraction of sp³-hybridized carbons (Fsp3) is 0.120. The average Bonchev–Trinajstić information content (AvgIpc) is 3.30. The maximum atomic E-state index is 12.5. The third-order valence-corrected chi connectivity index (χ3v) is 4.93. The van der Waals surface area contributed by atoms with Gasteiger partial charge in [0.25, 0.3) is 5.91 Å². The van der Waals surface area contributed by atoms with Crippen molar-refractivity contribution in [2.45, 2.75) is 12.5 Å². The molecule has 0 saturated heterocycles. The van der Waals surface area contributed by atoms with Gasteiger partial charge in [0.1, 0.15) is 23.3 Å². The molecule has 172 valence electrons. The summed E-state index contributed by atoms with van der Waals surface area (Å²) in [6.45, 7) is -0.520.